The van der Waals surface area contributed by atoms with Crippen molar-refractivity contribution in [2.75, 3.05) is 25.9 Å². The first kappa shape index (κ1) is 11.9. The van der Waals surface area contributed by atoms with Gasteiger partial charge in [-0.05, 0) is 38.6 Å². The molecule has 0 radical (unpaired) electrons. The van der Waals surface area contributed by atoms with E-state index in [0.717, 1.165) is 13.0 Å². The molecule has 92 valence electrons. The number of nitrogens with zero attached hydrogens (tertiary/aromatic N) is 2. The van der Waals surface area contributed by atoms with Crippen molar-refractivity contribution in [2.45, 2.75) is 18.9 Å². The molecular weight excluding hydrogens is 216 g/mol. The lowest BCUT2D eigenvalue weighted by Crippen LogP contribution is -2.38. The molecule has 2 rings (SSSR count). The second kappa shape index (κ2) is 5.14. The van der Waals surface area contributed by atoms with Crippen molar-refractivity contribution in [3.63, 3.8) is 0 Å². The number of nitrogens with one attached hydrogen (secondary N) is 1. The number of pyridine rings is 1. The van der Waals surface area contributed by atoms with Gasteiger partial charge in [0, 0.05) is 12.6 Å². The van der Waals surface area contributed by atoms with E-state index in [2.05, 4.69) is 22.2 Å². The molecule has 0 aliphatic carbocycles. The van der Waals surface area contributed by atoms with Gasteiger partial charge in [0.1, 0.15) is 5.69 Å². The van der Waals surface area contributed by atoms with E-state index in [1.807, 2.05) is 0 Å². The van der Waals surface area contributed by atoms with Crippen LogP contribution in [0, 0.1) is 0 Å². The molecule has 3 N–H and O–H groups in total. The summed E-state index contributed by atoms with van der Waals surface area (Å²) in [5.74, 6) is -0.134. The Bertz CT molecular complexity index is 390. The summed E-state index contributed by atoms with van der Waals surface area (Å²) >= 11 is 0. The van der Waals surface area contributed by atoms with E-state index in [0.29, 0.717) is 24.0 Å². The van der Waals surface area contributed by atoms with Gasteiger partial charge in [-0.1, -0.05) is 0 Å². The zero-order valence-electron chi connectivity index (χ0n) is 10.0. The van der Waals surface area contributed by atoms with Crippen molar-refractivity contribution < 1.29 is 4.79 Å². The Balaban J connectivity index is 1.87. The minimum absolute atomic E-state index is 0.134. The Hall–Kier alpha value is -1.62. The van der Waals surface area contributed by atoms with Crippen LogP contribution in [0.15, 0.2) is 18.3 Å². The van der Waals surface area contributed by atoms with Crippen LogP contribution in [0.25, 0.3) is 0 Å². The number of likely N-dealkylation sites (tertiary alicyclic amines) is 1. The third kappa shape index (κ3) is 2.94. The lowest BCUT2D eigenvalue weighted by molar-refractivity contribution is 0.0938. The first-order valence-electron chi connectivity index (χ1n) is 5.87. The van der Waals surface area contributed by atoms with Crippen molar-refractivity contribution in [1.82, 2.24) is 15.2 Å². The van der Waals surface area contributed by atoms with Crippen LogP contribution in [0.3, 0.4) is 0 Å². The van der Waals surface area contributed by atoms with Crippen LogP contribution in [-0.4, -0.2) is 42.0 Å². The van der Waals surface area contributed by atoms with Crippen molar-refractivity contribution in [1.29, 1.82) is 0 Å². The van der Waals surface area contributed by atoms with Gasteiger partial charge in [0.25, 0.3) is 5.91 Å². The van der Waals surface area contributed by atoms with Gasteiger partial charge in [0.2, 0.25) is 0 Å². The molecule has 1 aromatic rings. The van der Waals surface area contributed by atoms with Crippen LogP contribution in [0.4, 0.5) is 5.69 Å². The van der Waals surface area contributed by atoms with Gasteiger partial charge in [-0.25, -0.2) is 4.98 Å². The number of nitrogens with two attached hydrogens (primary N) is 1. The highest BCUT2D eigenvalue weighted by atomic mass is 16.1. The monoisotopic (exact) mass is 234 g/mol. The quantitative estimate of drug-likeness (QED) is 0.798. The number of likely N-dealkylation sites (N-methyl/N-ethyl adjacent to an activating group) is 1. The van der Waals surface area contributed by atoms with E-state index in [1.54, 1.807) is 12.1 Å². The Morgan fingerprint density at radius 1 is 1.65 bits per heavy atom. The maximum Gasteiger partial charge on any atom is 0.269 e. The summed E-state index contributed by atoms with van der Waals surface area (Å²) in [4.78, 5) is 18.1. The van der Waals surface area contributed by atoms with Crippen LogP contribution in [-0.2, 0) is 0 Å². The van der Waals surface area contributed by atoms with Crippen LogP contribution in [0.2, 0.25) is 0 Å². The predicted octanol–water partition coefficient (Wildman–Crippen LogP) is 0.488. The first-order valence-corrected chi connectivity index (χ1v) is 5.87. The molecule has 17 heavy (non-hydrogen) atoms. The SMILES string of the molecule is CN1CCCC1CNC(=O)c1ccc(N)cn1. The minimum Gasteiger partial charge on any atom is -0.397 e. The van der Waals surface area contributed by atoms with E-state index in [4.69, 9.17) is 5.73 Å². The highest BCUT2D eigenvalue weighted by Crippen LogP contribution is 2.13. The number of carbonyl (C=O) groups is 1. The first-order chi connectivity index (χ1) is 8.16. The molecule has 1 aliphatic rings. The van der Waals surface area contributed by atoms with Gasteiger partial charge in [-0.3, -0.25) is 4.79 Å². The minimum atomic E-state index is -0.134. The molecule has 1 aromatic heterocycles. The van der Waals surface area contributed by atoms with Gasteiger partial charge in [-0.2, -0.15) is 0 Å². The van der Waals surface area contributed by atoms with E-state index in [1.165, 1.54) is 12.6 Å². The lowest BCUT2D eigenvalue weighted by Gasteiger charge is -2.19. The summed E-state index contributed by atoms with van der Waals surface area (Å²) < 4.78 is 0. The van der Waals surface area contributed by atoms with Crippen molar-refractivity contribution in [2.24, 2.45) is 0 Å². The van der Waals surface area contributed by atoms with Gasteiger partial charge >= 0.3 is 0 Å². The van der Waals surface area contributed by atoms with Crippen LogP contribution in [0.1, 0.15) is 23.3 Å². The molecular formula is C12H18N4O. The van der Waals surface area contributed by atoms with E-state index in [-0.39, 0.29) is 5.91 Å². The number of hydrogen-bond acceptors (Lipinski definition) is 4. The fourth-order valence-electron chi connectivity index (χ4n) is 2.08. The smallest absolute Gasteiger partial charge is 0.269 e. The number of amides is 1. The lowest BCUT2D eigenvalue weighted by atomic mass is 10.2. The molecule has 1 fully saturated rings. The molecule has 1 atom stereocenters. The van der Waals surface area contributed by atoms with E-state index < -0.39 is 0 Å². The normalized spacial score (nSPS) is 20.4. The van der Waals surface area contributed by atoms with Crippen LogP contribution < -0.4 is 11.1 Å². The molecule has 2 heterocycles. The van der Waals surface area contributed by atoms with Crippen molar-refractivity contribution >= 4 is 11.6 Å². The average molecular weight is 234 g/mol. The number of aromatic nitrogens is 1. The fraction of sp³-hybridized carbons (Fsp3) is 0.500. The second-order valence-electron chi connectivity index (χ2n) is 4.46. The molecule has 1 amide bonds. The van der Waals surface area contributed by atoms with Gasteiger partial charge in [0.05, 0.1) is 11.9 Å². The Morgan fingerprint density at radius 3 is 3.06 bits per heavy atom. The largest absolute Gasteiger partial charge is 0.397 e. The van der Waals surface area contributed by atoms with Crippen LogP contribution in [0.5, 0.6) is 0 Å². The van der Waals surface area contributed by atoms with Crippen molar-refractivity contribution in [3.05, 3.63) is 24.0 Å². The predicted molar refractivity (Wildman–Crippen MR) is 66.6 cm³/mol. The zero-order valence-corrected chi connectivity index (χ0v) is 10.0. The molecule has 0 aromatic carbocycles. The second-order valence-corrected chi connectivity index (χ2v) is 4.46. The summed E-state index contributed by atoms with van der Waals surface area (Å²) in [6.45, 7) is 1.79. The van der Waals surface area contributed by atoms with Crippen LogP contribution >= 0.6 is 0 Å². The van der Waals surface area contributed by atoms with E-state index in [9.17, 15) is 4.79 Å². The maximum atomic E-state index is 11.8. The average Bonchev–Trinajstić information content (AvgIpc) is 2.73. The van der Waals surface area contributed by atoms with Gasteiger partial charge in [0.15, 0.2) is 0 Å². The number of anilines is 1. The van der Waals surface area contributed by atoms with Gasteiger partial charge < -0.3 is 16.0 Å². The third-order valence-electron chi connectivity index (χ3n) is 3.19. The Kier molecular flexibility index (Phi) is 3.58. The summed E-state index contributed by atoms with van der Waals surface area (Å²) in [5, 5.41) is 2.91. The standard InChI is InChI=1S/C12H18N4O/c1-16-6-2-3-10(16)8-15-12(17)11-5-4-9(13)7-14-11/h4-5,7,10H,2-3,6,8,13H2,1H3,(H,15,17). The van der Waals surface area contributed by atoms with Crippen molar-refractivity contribution in [3.8, 4) is 0 Å². The summed E-state index contributed by atoms with van der Waals surface area (Å²) in [5.41, 5.74) is 6.50. The molecule has 1 unspecified atom stereocenters. The number of rotatable bonds is 3. The number of nitrogen functional groups attached to an aromatic ring is 1. The molecule has 1 aliphatic heterocycles. The topological polar surface area (TPSA) is 71.2 Å². The molecule has 5 heteroatoms. The maximum absolute atomic E-state index is 11.8. The highest BCUT2D eigenvalue weighted by Gasteiger charge is 2.21. The molecule has 0 spiro atoms. The molecule has 1 saturated heterocycles. The third-order valence-corrected chi connectivity index (χ3v) is 3.19. The Labute approximate surface area is 101 Å². The number of carbonyl (C=O) groups excluding carboxylic acids is 1. The van der Waals surface area contributed by atoms with Gasteiger partial charge in [-0.15, -0.1) is 0 Å². The highest BCUT2D eigenvalue weighted by molar-refractivity contribution is 5.92. The summed E-state index contributed by atoms with van der Waals surface area (Å²) in [7, 11) is 2.09. The molecule has 5 nitrogen and oxygen atoms in total. The van der Waals surface area contributed by atoms with E-state index >= 15 is 0 Å². The fourth-order valence-corrected chi connectivity index (χ4v) is 2.08. The number of hydrogen-bond donors (Lipinski definition) is 2. The summed E-state index contributed by atoms with van der Waals surface area (Å²) in [6, 6.07) is 3.78. The summed E-state index contributed by atoms with van der Waals surface area (Å²) in [6.07, 6.45) is 3.85. The Morgan fingerprint density at radius 2 is 2.47 bits per heavy atom. The molecule has 0 saturated carbocycles. The zero-order chi connectivity index (χ0) is 12.3. The molecule has 0 bridgehead atoms.